The summed E-state index contributed by atoms with van der Waals surface area (Å²) in [6.45, 7) is 6.59. The Labute approximate surface area is 180 Å². The van der Waals surface area contributed by atoms with Gasteiger partial charge in [-0.05, 0) is 37.0 Å². The van der Waals surface area contributed by atoms with Crippen molar-refractivity contribution in [1.82, 2.24) is 9.55 Å². The molecule has 0 bridgehead atoms. The van der Waals surface area contributed by atoms with Gasteiger partial charge in [0.2, 0.25) is 0 Å². The summed E-state index contributed by atoms with van der Waals surface area (Å²) in [5.74, 6) is 0.0873. The molecule has 2 rings (SSSR count). The zero-order valence-corrected chi connectivity index (χ0v) is 18.6. The second kappa shape index (κ2) is 10.3. The van der Waals surface area contributed by atoms with Crippen molar-refractivity contribution in [3.8, 4) is 5.75 Å². The number of unbranched alkanes of at least 4 members (excludes halogenated alkanes) is 1. The highest BCUT2D eigenvalue weighted by molar-refractivity contribution is 6.31. The van der Waals surface area contributed by atoms with Crippen LogP contribution in [0.5, 0.6) is 5.75 Å². The quantitative estimate of drug-likeness (QED) is 0.626. The molecule has 30 heavy (non-hydrogen) atoms. The maximum atomic E-state index is 13.5. The van der Waals surface area contributed by atoms with Gasteiger partial charge in [-0.25, -0.2) is 4.79 Å². The number of carbonyl (C=O) groups is 1. The van der Waals surface area contributed by atoms with Gasteiger partial charge in [-0.15, -0.1) is 0 Å². The van der Waals surface area contributed by atoms with Gasteiger partial charge in [-0.1, -0.05) is 38.8 Å². The Morgan fingerprint density at radius 1 is 1.33 bits per heavy atom. The molecule has 0 fully saturated rings. The number of carbonyl (C=O) groups excluding carboxylic acids is 1. The Hall–Kier alpha value is -2.74. The van der Waals surface area contributed by atoms with Crippen LogP contribution >= 0.6 is 11.6 Å². The number of aromatic nitrogens is 2. The number of aromatic amines is 1. The first kappa shape index (κ1) is 23.5. The van der Waals surface area contributed by atoms with E-state index in [-0.39, 0.29) is 29.5 Å². The SMILES string of the molecule is CCCCn1c(N)c(N(CCC(C)C)C(=O)c2cc(Cl)ccc2OC)c(=O)[nH]c1=O. The summed E-state index contributed by atoms with van der Waals surface area (Å²) in [5.41, 5.74) is 5.11. The fourth-order valence-electron chi connectivity index (χ4n) is 3.07. The van der Waals surface area contributed by atoms with E-state index in [0.29, 0.717) is 30.2 Å². The molecule has 0 unspecified atom stereocenters. The smallest absolute Gasteiger partial charge is 0.330 e. The van der Waals surface area contributed by atoms with Gasteiger partial charge in [0.1, 0.15) is 11.6 Å². The maximum Gasteiger partial charge on any atom is 0.330 e. The van der Waals surface area contributed by atoms with E-state index in [4.69, 9.17) is 22.1 Å². The molecule has 0 aliphatic rings. The Kier molecular flexibility index (Phi) is 8.11. The van der Waals surface area contributed by atoms with Crippen LogP contribution in [0.4, 0.5) is 11.5 Å². The monoisotopic (exact) mass is 436 g/mol. The van der Waals surface area contributed by atoms with Crippen LogP contribution in [0.25, 0.3) is 0 Å². The molecule has 1 amide bonds. The minimum atomic E-state index is -0.705. The number of nitrogen functional groups attached to an aromatic ring is 1. The minimum absolute atomic E-state index is 0.0321. The first-order valence-electron chi connectivity index (χ1n) is 9.99. The molecule has 3 N–H and O–H groups in total. The molecule has 0 atom stereocenters. The zero-order valence-electron chi connectivity index (χ0n) is 17.8. The number of amides is 1. The van der Waals surface area contributed by atoms with Crippen molar-refractivity contribution in [2.45, 2.75) is 46.6 Å². The maximum absolute atomic E-state index is 13.5. The number of anilines is 2. The average Bonchev–Trinajstić information content (AvgIpc) is 2.69. The number of methoxy groups -OCH3 is 1. The molecule has 0 spiro atoms. The lowest BCUT2D eigenvalue weighted by Gasteiger charge is -2.26. The number of hydrogen-bond donors (Lipinski definition) is 2. The standard InChI is InChI=1S/C21H29ClN4O4/c1-5-6-10-26-18(23)17(19(27)24-21(26)29)25(11-9-13(2)3)20(28)15-12-14(22)7-8-16(15)30-4/h7-8,12-13H,5-6,9-11,23H2,1-4H3,(H,24,27,29). The highest BCUT2D eigenvalue weighted by atomic mass is 35.5. The predicted molar refractivity (Wildman–Crippen MR) is 120 cm³/mol. The Bertz CT molecular complexity index is 1010. The van der Waals surface area contributed by atoms with Crippen LogP contribution < -0.4 is 26.6 Å². The topological polar surface area (TPSA) is 110 Å². The normalized spacial score (nSPS) is 11.0. The van der Waals surface area contributed by atoms with Crippen molar-refractivity contribution in [2.75, 3.05) is 24.3 Å². The number of hydrogen-bond acceptors (Lipinski definition) is 5. The first-order valence-corrected chi connectivity index (χ1v) is 10.4. The molecular formula is C21H29ClN4O4. The number of nitrogens with zero attached hydrogens (tertiary/aromatic N) is 2. The van der Waals surface area contributed by atoms with Crippen LogP contribution in [0.1, 0.15) is 50.4 Å². The second-order valence-corrected chi connectivity index (χ2v) is 7.92. The van der Waals surface area contributed by atoms with Crippen LogP contribution in [0.2, 0.25) is 5.02 Å². The van der Waals surface area contributed by atoms with E-state index in [2.05, 4.69) is 4.98 Å². The number of halogens is 1. The van der Waals surface area contributed by atoms with Crippen LogP contribution in [-0.2, 0) is 6.54 Å². The number of benzene rings is 1. The van der Waals surface area contributed by atoms with Crippen molar-refractivity contribution in [3.63, 3.8) is 0 Å². The van der Waals surface area contributed by atoms with E-state index < -0.39 is 17.2 Å². The molecule has 0 aliphatic carbocycles. The lowest BCUT2D eigenvalue weighted by molar-refractivity contribution is 0.0982. The minimum Gasteiger partial charge on any atom is -0.496 e. The summed E-state index contributed by atoms with van der Waals surface area (Å²) >= 11 is 6.10. The number of nitrogens with one attached hydrogen (secondary N) is 1. The van der Waals surface area contributed by atoms with Gasteiger partial charge in [0, 0.05) is 18.1 Å². The molecule has 8 nitrogen and oxygen atoms in total. The summed E-state index contributed by atoms with van der Waals surface area (Å²) in [5, 5.41) is 0.359. The molecule has 0 saturated carbocycles. The fraction of sp³-hybridized carbons (Fsp3) is 0.476. The predicted octanol–water partition coefficient (Wildman–Crippen LogP) is 3.27. The van der Waals surface area contributed by atoms with Crippen LogP contribution in [0.3, 0.4) is 0 Å². The summed E-state index contributed by atoms with van der Waals surface area (Å²) in [4.78, 5) is 42.1. The van der Waals surface area contributed by atoms with Gasteiger partial charge >= 0.3 is 5.69 Å². The van der Waals surface area contributed by atoms with Gasteiger partial charge in [-0.2, -0.15) is 0 Å². The van der Waals surface area contributed by atoms with Crippen molar-refractivity contribution in [3.05, 3.63) is 49.6 Å². The van der Waals surface area contributed by atoms with Crippen LogP contribution in [0.15, 0.2) is 27.8 Å². The van der Waals surface area contributed by atoms with Crippen LogP contribution in [-0.4, -0.2) is 29.1 Å². The van der Waals surface area contributed by atoms with E-state index >= 15 is 0 Å². The number of ether oxygens (including phenoxy) is 1. The molecule has 2 aromatic rings. The molecule has 0 radical (unpaired) electrons. The molecular weight excluding hydrogens is 408 g/mol. The summed E-state index contributed by atoms with van der Waals surface area (Å²) in [6, 6.07) is 4.69. The van der Waals surface area contributed by atoms with Crippen LogP contribution in [0, 0.1) is 5.92 Å². The largest absolute Gasteiger partial charge is 0.496 e. The molecule has 9 heteroatoms. The number of nitrogens with two attached hydrogens (primary N) is 1. The van der Waals surface area contributed by atoms with E-state index in [1.807, 2.05) is 20.8 Å². The molecule has 164 valence electrons. The van der Waals surface area contributed by atoms with Crippen molar-refractivity contribution < 1.29 is 9.53 Å². The van der Waals surface area contributed by atoms with Gasteiger partial charge in [0.15, 0.2) is 5.69 Å². The number of H-pyrrole nitrogens is 1. The van der Waals surface area contributed by atoms with Gasteiger partial charge in [-0.3, -0.25) is 19.1 Å². The second-order valence-electron chi connectivity index (χ2n) is 7.48. The Morgan fingerprint density at radius 3 is 2.63 bits per heavy atom. The van der Waals surface area contributed by atoms with E-state index in [9.17, 15) is 14.4 Å². The molecule has 0 saturated heterocycles. The molecule has 1 aromatic carbocycles. The van der Waals surface area contributed by atoms with E-state index in [1.165, 1.54) is 22.6 Å². The van der Waals surface area contributed by atoms with E-state index in [1.54, 1.807) is 12.1 Å². The fourth-order valence-corrected chi connectivity index (χ4v) is 3.24. The number of rotatable bonds is 9. The Balaban J connectivity index is 2.66. The lowest BCUT2D eigenvalue weighted by atomic mass is 10.1. The third-order valence-corrected chi connectivity index (χ3v) is 5.02. The molecule has 1 heterocycles. The first-order chi connectivity index (χ1) is 14.2. The summed E-state index contributed by atoms with van der Waals surface area (Å²) < 4.78 is 6.61. The van der Waals surface area contributed by atoms with Crippen molar-refractivity contribution in [2.24, 2.45) is 5.92 Å². The summed E-state index contributed by atoms with van der Waals surface area (Å²) in [7, 11) is 1.45. The third kappa shape index (κ3) is 5.24. The summed E-state index contributed by atoms with van der Waals surface area (Å²) in [6.07, 6.45) is 2.18. The third-order valence-electron chi connectivity index (χ3n) is 4.79. The molecule has 0 aliphatic heterocycles. The Morgan fingerprint density at radius 2 is 2.03 bits per heavy atom. The average molecular weight is 437 g/mol. The van der Waals surface area contributed by atoms with Crippen molar-refractivity contribution >= 4 is 29.0 Å². The van der Waals surface area contributed by atoms with E-state index in [0.717, 1.165) is 6.42 Å². The highest BCUT2D eigenvalue weighted by Crippen LogP contribution is 2.27. The zero-order chi connectivity index (χ0) is 22.4. The lowest BCUT2D eigenvalue weighted by Crippen LogP contribution is -2.42. The highest BCUT2D eigenvalue weighted by Gasteiger charge is 2.27. The van der Waals surface area contributed by atoms with Gasteiger partial charge < -0.3 is 15.4 Å². The molecule has 1 aromatic heterocycles. The van der Waals surface area contributed by atoms with Crippen molar-refractivity contribution in [1.29, 1.82) is 0 Å². The van der Waals surface area contributed by atoms with Gasteiger partial charge in [0.05, 0.1) is 12.7 Å². The van der Waals surface area contributed by atoms with Gasteiger partial charge in [0.25, 0.3) is 11.5 Å².